The van der Waals surface area contributed by atoms with Gasteiger partial charge in [-0.3, -0.25) is 4.98 Å². The number of aromatic nitrogens is 5. The molecule has 4 heterocycles. The number of ether oxygens (including phenoxy) is 1. The molecule has 2 unspecified atom stereocenters. The fourth-order valence-corrected chi connectivity index (χ4v) is 3.00. The van der Waals surface area contributed by atoms with E-state index in [0.717, 1.165) is 18.4 Å². The summed E-state index contributed by atoms with van der Waals surface area (Å²) in [6.45, 7) is 0.692. The summed E-state index contributed by atoms with van der Waals surface area (Å²) in [7, 11) is 0. The lowest BCUT2D eigenvalue weighted by Gasteiger charge is -2.30. The van der Waals surface area contributed by atoms with Crippen molar-refractivity contribution in [2.75, 3.05) is 17.7 Å². The summed E-state index contributed by atoms with van der Waals surface area (Å²) in [6.07, 6.45) is 8.91. The van der Waals surface area contributed by atoms with E-state index in [1.807, 2.05) is 30.5 Å². The number of rotatable bonds is 4. The number of hydrogen-bond donors (Lipinski definition) is 2. The van der Waals surface area contributed by atoms with E-state index in [-0.39, 0.29) is 18.1 Å². The van der Waals surface area contributed by atoms with E-state index in [1.165, 1.54) is 0 Å². The number of nitrogens with one attached hydrogen (secondary N) is 1. The van der Waals surface area contributed by atoms with Crippen LogP contribution in [0.1, 0.15) is 24.5 Å². The number of nitrogen functional groups attached to an aromatic ring is 1. The minimum absolute atomic E-state index is 0.0546. The topological polar surface area (TPSA) is 104 Å². The Morgan fingerprint density at radius 1 is 1.20 bits per heavy atom. The van der Waals surface area contributed by atoms with Gasteiger partial charge in [-0.05, 0) is 36.6 Å². The minimum Gasteiger partial charge on any atom is -0.373 e. The van der Waals surface area contributed by atoms with Crippen LogP contribution in [0, 0.1) is 0 Å². The SMILES string of the molecule is Nc1nc(NC2CCOC(c3ccncc3)C2)cc(-n2cccn2)n1. The van der Waals surface area contributed by atoms with Crippen molar-refractivity contribution >= 4 is 11.8 Å². The highest BCUT2D eigenvalue weighted by molar-refractivity contribution is 5.46. The van der Waals surface area contributed by atoms with E-state index >= 15 is 0 Å². The highest BCUT2D eigenvalue weighted by atomic mass is 16.5. The van der Waals surface area contributed by atoms with Crippen molar-refractivity contribution < 1.29 is 4.74 Å². The molecule has 3 N–H and O–H groups in total. The monoisotopic (exact) mass is 337 g/mol. The minimum atomic E-state index is 0.0546. The van der Waals surface area contributed by atoms with Gasteiger partial charge in [-0.25, -0.2) is 4.68 Å². The van der Waals surface area contributed by atoms with Gasteiger partial charge in [-0.2, -0.15) is 15.1 Å². The molecule has 0 aliphatic carbocycles. The number of hydrogen-bond acceptors (Lipinski definition) is 7. The Balaban J connectivity index is 1.50. The molecule has 128 valence electrons. The molecule has 3 aromatic heterocycles. The van der Waals surface area contributed by atoms with E-state index in [2.05, 4.69) is 25.4 Å². The van der Waals surface area contributed by atoms with Crippen LogP contribution in [0.15, 0.2) is 49.1 Å². The van der Waals surface area contributed by atoms with E-state index in [1.54, 1.807) is 23.3 Å². The van der Waals surface area contributed by atoms with Crippen LogP contribution in [0.5, 0.6) is 0 Å². The smallest absolute Gasteiger partial charge is 0.224 e. The van der Waals surface area contributed by atoms with E-state index < -0.39 is 0 Å². The molecule has 1 aliphatic rings. The third-order valence-electron chi connectivity index (χ3n) is 4.18. The molecular weight excluding hydrogens is 318 g/mol. The number of nitrogens with zero attached hydrogens (tertiary/aromatic N) is 5. The summed E-state index contributed by atoms with van der Waals surface area (Å²) in [5.41, 5.74) is 6.99. The molecule has 0 aromatic carbocycles. The van der Waals surface area contributed by atoms with Crippen molar-refractivity contribution in [3.63, 3.8) is 0 Å². The van der Waals surface area contributed by atoms with Gasteiger partial charge in [-0.1, -0.05) is 0 Å². The lowest BCUT2D eigenvalue weighted by Crippen LogP contribution is -2.30. The second-order valence-electron chi connectivity index (χ2n) is 5.93. The van der Waals surface area contributed by atoms with Crippen molar-refractivity contribution in [1.29, 1.82) is 0 Å². The van der Waals surface area contributed by atoms with Crippen LogP contribution in [0.3, 0.4) is 0 Å². The maximum Gasteiger partial charge on any atom is 0.224 e. The maximum absolute atomic E-state index is 5.90. The van der Waals surface area contributed by atoms with Gasteiger partial charge in [0.25, 0.3) is 0 Å². The summed E-state index contributed by atoms with van der Waals surface area (Å²) in [5.74, 6) is 1.55. The van der Waals surface area contributed by atoms with Gasteiger partial charge in [-0.15, -0.1) is 0 Å². The first kappa shape index (κ1) is 15.5. The lowest BCUT2D eigenvalue weighted by atomic mass is 9.98. The Morgan fingerprint density at radius 2 is 2.08 bits per heavy atom. The molecule has 8 nitrogen and oxygen atoms in total. The van der Waals surface area contributed by atoms with Crippen LogP contribution in [-0.2, 0) is 4.74 Å². The average molecular weight is 337 g/mol. The van der Waals surface area contributed by atoms with Crippen LogP contribution in [-0.4, -0.2) is 37.4 Å². The number of anilines is 2. The first-order chi connectivity index (χ1) is 12.3. The molecule has 8 heteroatoms. The molecule has 0 saturated carbocycles. The predicted molar refractivity (Wildman–Crippen MR) is 93.1 cm³/mol. The molecule has 1 fully saturated rings. The van der Waals surface area contributed by atoms with Crippen LogP contribution in [0.25, 0.3) is 5.82 Å². The average Bonchev–Trinajstić information content (AvgIpc) is 3.17. The van der Waals surface area contributed by atoms with Gasteiger partial charge >= 0.3 is 0 Å². The molecule has 3 aromatic rings. The number of pyridine rings is 1. The van der Waals surface area contributed by atoms with Crippen molar-refractivity contribution in [2.45, 2.75) is 25.0 Å². The Morgan fingerprint density at radius 3 is 2.88 bits per heavy atom. The fraction of sp³-hybridized carbons (Fsp3) is 0.294. The molecule has 0 radical (unpaired) electrons. The van der Waals surface area contributed by atoms with Crippen LogP contribution in [0.2, 0.25) is 0 Å². The summed E-state index contributed by atoms with van der Waals surface area (Å²) >= 11 is 0. The predicted octanol–water partition coefficient (Wildman–Crippen LogP) is 1.97. The summed E-state index contributed by atoms with van der Waals surface area (Å²) in [4.78, 5) is 12.6. The Bertz CT molecular complexity index is 822. The zero-order chi connectivity index (χ0) is 17.1. The van der Waals surface area contributed by atoms with Gasteiger partial charge in [0, 0.05) is 43.5 Å². The van der Waals surface area contributed by atoms with Gasteiger partial charge in [0.2, 0.25) is 5.95 Å². The van der Waals surface area contributed by atoms with Gasteiger partial charge < -0.3 is 15.8 Å². The van der Waals surface area contributed by atoms with Crippen LogP contribution >= 0.6 is 0 Å². The Labute approximate surface area is 145 Å². The Hall–Kier alpha value is -3.00. The number of nitrogens with two attached hydrogens (primary N) is 1. The van der Waals surface area contributed by atoms with E-state index in [0.29, 0.717) is 18.2 Å². The third-order valence-corrected chi connectivity index (χ3v) is 4.18. The second kappa shape index (κ2) is 6.86. The van der Waals surface area contributed by atoms with Crippen molar-refractivity contribution in [3.8, 4) is 5.82 Å². The van der Waals surface area contributed by atoms with E-state index in [9.17, 15) is 0 Å². The normalized spacial score (nSPS) is 20.3. The highest BCUT2D eigenvalue weighted by Gasteiger charge is 2.24. The molecule has 1 saturated heterocycles. The first-order valence-corrected chi connectivity index (χ1v) is 8.20. The molecule has 25 heavy (non-hydrogen) atoms. The van der Waals surface area contributed by atoms with Crippen molar-refractivity contribution in [3.05, 3.63) is 54.6 Å². The lowest BCUT2D eigenvalue weighted by molar-refractivity contribution is 0.00970. The second-order valence-corrected chi connectivity index (χ2v) is 5.93. The summed E-state index contributed by atoms with van der Waals surface area (Å²) in [6, 6.07) is 7.91. The van der Waals surface area contributed by atoms with Gasteiger partial charge in [0.05, 0.1) is 6.10 Å². The highest BCUT2D eigenvalue weighted by Crippen LogP contribution is 2.29. The zero-order valence-electron chi connectivity index (χ0n) is 13.6. The first-order valence-electron chi connectivity index (χ1n) is 8.20. The van der Waals surface area contributed by atoms with Gasteiger partial charge in [0.1, 0.15) is 5.82 Å². The zero-order valence-corrected chi connectivity index (χ0v) is 13.6. The molecule has 0 spiro atoms. The van der Waals surface area contributed by atoms with Gasteiger partial charge in [0.15, 0.2) is 5.82 Å². The van der Waals surface area contributed by atoms with Crippen LogP contribution < -0.4 is 11.1 Å². The molecule has 0 bridgehead atoms. The quantitative estimate of drug-likeness (QED) is 0.750. The summed E-state index contributed by atoms with van der Waals surface area (Å²) in [5, 5.41) is 7.64. The molecular formula is C17H19N7O. The Kier molecular flexibility index (Phi) is 4.26. The van der Waals surface area contributed by atoms with Crippen LogP contribution in [0.4, 0.5) is 11.8 Å². The third kappa shape index (κ3) is 3.58. The molecule has 0 amide bonds. The molecule has 4 rings (SSSR count). The molecule has 2 atom stereocenters. The maximum atomic E-state index is 5.90. The van der Waals surface area contributed by atoms with Crippen molar-refractivity contribution in [2.24, 2.45) is 0 Å². The summed E-state index contributed by atoms with van der Waals surface area (Å²) < 4.78 is 7.56. The fourth-order valence-electron chi connectivity index (χ4n) is 3.00. The largest absolute Gasteiger partial charge is 0.373 e. The van der Waals surface area contributed by atoms with Crippen molar-refractivity contribution in [1.82, 2.24) is 24.7 Å². The standard InChI is InChI=1S/C17H19N7O/c18-17-22-15(11-16(23-17)24-8-1-5-20-24)21-13-4-9-25-14(10-13)12-2-6-19-7-3-12/h1-3,5-8,11,13-14H,4,9-10H2,(H3,18,21,22,23). The molecule has 1 aliphatic heterocycles. The van der Waals surface area contributed by atoms with E-state index in [4.69, 9.17) is 10.5 Å².